The number of rotatable bonds is 8. The lowest BCUT2D eigenvalue weighted by molar-refractivity contribution is -0.141. The minimum absolute atomic E-state index is 0.187. The second kappa shape index (κ2) is 10.8. The molecule has 3 rings (SSSR count). The minimum atomic E-state index is -4.47. The predicted octanol–water partition coefficient (Wildman–Crippen LogP) is 5.81. The second-order valence-corrected chi connectivity index (χ2v) is 8.18. The van der Waals surface area contributed by atoms with Gasteiger partial charge in [-0.3, -0.25) is 15.1 Å². The number of likely N-dealkylation sites (N-methyl/N-ethyl adjacent to an activating group) is 1. The highest BCUT2D eigenvalue weighted by Gasteiger charge is 2.32. The highest BCUT2D eigenvalue weighted by Crippen LogP contribution is 2.29. The predicted molar refractivity (Wildman–Crippen MR) is 123 cm³/mol. The van der Waals surface area contributed by atoms with E-state index in [1.54, 1.807) is 13.1 Å². The molecule has 0 saturated carbocycles. The molecule has 0 bridgehead atoms. The number of nitrogens with zero attached hydrogens (tertiary/aromatic N) is 1. The fraction of sp³-hybridized carbons (Fsp3) is 0.280. The summed E-state index contributed by atoms with van der Waals surface area (Å²) < 4.78 is 38.5. The van der Waals surface area contributed by atoms with E-state index in [1.165, 1.54) is 12.3 Å². The molecular formula is C25H25ClF3N3O. The molecule has 0 spiro atoms. The van der Waals surface area contributed by atoms with Gasteiger partial charge in [0.1, 0.15) is 11.7 Å². The Labute approximate surface area is 196 Å². The maximum Gasteiger partial charge on any atom is 0.433 e. The molecule has 2 atom stereocenters. The lowest BCUT2D eigenvalue weighted by atomic mass is 9.95. The molecule has 4 nitrogen and oxygen atoms in total. The molecule has 2 N–H and O–H groups in total. The maximum atomic E-state index is 12.8. The SMILES string of the molecule is CNC(=O)[C@@H](N[C@@H](CCc1ccc(C(F)(F)F)nc1)c1ccc(Cl)c(C)c1)c1ccccc1. The van der Waals surface area contributed by atoms with Crippen LogP contribution in [0.1, 0.15) is 46.5 Å². The molecule has 3 aromatic rings. The molecule has 0 aliphatic carbocycles. The number of alkyl halides is 3. The van der Waals surface area contributed by atoms with Gasteiger partial charge in [-0.2, -0.15) is 13.2 Å². The molecular weight excluding hydrogens is 451 g/mol. The van der Waals surface area contributed by atoms with Gasteiger partial charge in [0.15, 0.2) is 0 Å². The van der Waals surface area contributed by atoms with E-state index in [0.29, 0.717) is 23.4 Å². The minimum Gasteiger partial charge on any atom is -0.358 e. The highest BCUT2D eigenvalue weighted by molar-refractivity contribution is 6.31. The Morgan fingerprint density at radius 2 is 1.79 bits per heavy atom. The Bertz CT molecular complexity index is 1070. The molecule has 0 radical (unpaired) electrons. The van der Waals surface area contributed by atoms with Crippen LogP contribution in [0.2, 0.25) is 5.02 Å². The molecule has 0 unspecified atom stereocenters. The topological polar surface area (TPSA) is 54.0 Å². The van der Waals surface area contributed by atoms with Gasteiger partial charge in [0, 0.05) is 24.3 Å². The average Bonchev–Trinajstić information content (AvgIpc) is 2.81. The van der Waals surface area contributed by atoms with Gasteiger partial charge in [-0.05, 0) is 54.2 Å². The van der Waals surface area contributed by atoms with E-state index >= 15 is 0 Å². The first-order valence-electron chi connectivity index (χ1n) is 10.5. The number of aromatic nitrogens is 1. The number of carbonyl (C=O) groups excluding carboxylic acids is 1. The maximum absolute atomic E-state index is 12.8. The van der Waals surface area contributed by atoms with Crippen molar-refractivity contribution in [3.8, 4) is 0 Å². The normalized spacial score (nSPS) is 13.4. The van der Waals surface area contributed by atoms with Crippen LogP contribution in [-0.4, -0.2) is 17.9 Å². The Morgan fingerprint density at radius 1 is 1.06 bits per heavy atom. The quantitative estimate of drug-likeness (QED) is 0.432. The first-order valence-corrected chi connectivity index (χ1v) is 10.9. The van der Waals surface area contributed by atoms with E-state index in [-0.39, 0.29) is 11.9 Å². The number of hydrogen-bond donors (Lipinski definition) is 2. The summed E-state index contributed by atoms with van der Waals surface area (Å²) in [6, 6.07) is 16.6. The molecule has 0 fully saturated rings. The van der Waals surface area contributed by atoms with E-state index in [0.717, 1.165) is 22.8 Å². The number of amides is 1. The van der Waals surface area contributed by atoms with E-state index in [1.807, 2.05) is 49.4 Å². The standard InChI is InChI=1S/C25H25ClF3N3O/c1-16-14-19(10-11-20(16)26)21(12-8-17-9-13-22(31-15-17)25(27,28)29)32-23(24(33)30-2)18-6-4-3-5-7-18/h3-7,9-11,13-15,21,23,32H,8,12H2,1-2H3,(H,30,33)/t21-,23-/m0/s1. The number of nitrogens with one attached hydrogen (secondary N) is 2. The highest BCUT2D eigenvalue weighted by atomic mass is 35.5. The Kier molecular flexibility index (Phi) is 8.10. The van der Waals surface area contributed by atoms with Crippen molar-refractivity contribution < 1.29 is 18.0 Å². The number of carbonyl (C=O) groups is 1. The van der Waals surface area contributed by atoms with Gasteiger partial charge in [-0.15, -0.1) is 0 Å². The third kappa shape index (κ3) is 6.55. The summed E-state index contributed by atoms with van der Waals surface area (Å²) in [7, 11) is 1.58. The third-order valence-electron chi connectivity index (χ3n) is 5.43. The van der Waals surface area contributed by atoms with E-state index in [2.05, 4.69) is 15.6 Å². The van der Waals surface area contributed by atoms with Crippen LogP contribution in [0, 0.1) is 6.92 Å². The van der Waals surface area contributed by atoms with E-state index < -0.39 is 17.9 Å². The summed E-state index contributed by atoms with van der Waals surface area (Å²) >= 11 is 6.20. The summed E-state index contributed by atoms with van der Waals surface area (Å²) in [6.07, 6.45) is -2.21. The largest absolute Gasteiger partial charge is 0.433 e. The molecule has 1 amide bonds. The van der Waals surface area contributed by atoms with Crippen molar-refractivity contribution in [1.82, 2.24) is 15.6 Å². The van der Waals surface area contributed by atoms with Gasteiger partial charge in [0.2, 0.25) is 5.91 Å². The van der Waals surface area contributed by atoms with Crippen LogP contribution in [0.4, 0.5) is 13.2 Å². The van der Waals surface area contributed by atoms with Crippen molar-refractivity contribution in [1.29, 1.82) is 0 Å². The zero-order valence-corrected chi connectivity index (χ0v) is 19.0. The Balaban J connectivity index is 1.87. The van der Waals surface area contributed by atoms with Crippen LogP contribution in [0.15, 0.2) is 66.9 Å². The zero-order chi connectivity index (χ0) is 24.0. The molecule has 0 aliphatic heterocycles. The molecule has 0 aliphatic rings. The molecule has 0 saturated heterocycles. The van der Waals surface area contributed by atoms with E-state index in [9.17, 15) is 18.0 Å². The van der Waals surface area contributed by atoms with Crippen molar-refractivity contribution in [2.75, 3.05) is 7.05 Å². The van der Waals surface area contributed by atoms with Crippen LogP contribution in [0.25, 0.3) is 0 Å². The van der Waals surface area contributed by atoms with Crippen molar-refractivity contribution in [3.05, 3.63) is 99.8 Å². The van der Waals surface area contributed by atoms with E-state index in [4.69, 9.17) is 11.6 Å². The van der Waals surface area contributed by atoms with Gasteiger partial charge < -0.3 is 5.32 Å². The fourth-order valence-corrected chi connectivity index (χ4v) is 3.71. The van der Waals surface area contributed by atoms with Crippen molar-refractivity contribution in [2.45, 2.75) is 38.0 Å². The number of halogens is 4. The Hall–Kier alpha value is -2.90. The lowest BCUT2D eigenvalue weighted by Crippen LogP contribution is -2.38. The molecule has 1 heterocycles. The average molecular weight is 476 g/mol. The van der Waals surface area contributed by atoms with Crippen molar-refractivity contribution >= 4 is 17.5 Å². The third-order valence-corrected chi connectivity index (χ3v) is 5.85. The summed E-state index contributed by atoms with van der Waals surface area (Å²) in [4.78, 5) is 16.2. The van der Waals surface area contributed by atoms with Crippen molar-refractivity contribution in [3.63, 3.8) is 0 Å². The zero-order valence-electron chi connectivity index (χ0n) is 18.3. The summed E-state index contributed by atoms with van der Waals surface area (Å²) in [5.74, 6) is -0.187. The van der Waals surface area contributed by atoms with Gasteiger partial charge in [0.05, 0.1) is 0 Å². The first kappa shape index (κ1) is 24.7. The van der Waals surface area contributed by atoms with Gasteiger partial charge in [-0.1, -0.05) is 60.1 Å². The van der Waals surface area contributed by atoms with Crippen LogP contribution < -0.4 is 10.6 Å². The lowest BCUT2D eigenvalue weighted by Gasteiger charge is -2.26. The number of aryl methyl sites for hydroxylation is 2. The van der Waals surface area contributed by atoms with Gasteiger partial charge in [0.25, 0.3) is 0 Å². The summed E-state index contributed by atoms with van der Waals surface area (Å²) in [5.41, 5.74) is 2.40. The van der Waals surface area contributed by atoms with Crippen molar-refractivity contribution in [2.24, 2.45) is 0 Å². The monoisotopic (exact) mass is 475 g/mol. The summed E-state index contributed by atoms with van der Waals surface area (Å²) in [6.45, 7) is 1.90. The van der Waals surface area contributed by atoms with Gasteiger partial charge >= 0.3 is 6.18 Å². The Morgan fingerprint density at radius 3 is 2.36 bits per heavy atom. The molecule has 174 valence electrons. The van der Waals surface area contributed by atoms with Crippen LogP contribution in [-0.2, 0) is 17.4 Å². The summed E-state index contributed by atoms with van der Waals surface area (Å²) in [5, 5.41) is 6.76. The smallest absolute Gasteiger partial charge is 0.358 e. The molecule has 33 heavy (non-hydrogen) atoms. The number of pyridine rings is 1. The first-order chi connectivity index (χ1) is 15.7. The van der Waals surface area contributed by atoms with Crippen LogP contribution >= 0.6 is 11.6 Å². The molecule has 8 heteroatoms. The van der Waals surface area contributed by atoms with Gasteiger partial charge in [-0.25, -0.2) is 0 Å². The number of benzene rings is 2. The molecule has 1 aromatic heterocycles. The molecule has 2 aromatic carbocycles. The second-order valence-electron chi connectivity index (χ2n) is 7.77. The fourth-order valence-electron chi connectivity index (χ4n) is 3.60. The van der Waals surface area contributed by atoms with Crippen LogP contribution in [0.3, 0.4) is 0 Å². The number of hydrogen-bond acceptors (Lipinski definition) is 3. The van der Waals surface area contributed by atoms with Crippen LogP contribution in [0.5, 0.6) is 0 Å².